The molecule has 1 aromatic carbocycles. The summed E-state index contributed by atoms with van der Waals surface area (Å²) in [6.45, 7) is 2.31. The number of likely N-dealkylation sites (N-methyl/N-ethyl adjacent to an activating group) is 1. The van der Waals surface area contributed by atoms with Crippen LogP contribution in [0.15, 0.2) is 47.2 Å². The van der Waals surface area contributed by atoms with Crippen LogP contribution < -0.4 is 10.2 Å². The van der Waals surface area contributed by atoms with Gasteiger partial charge in [0.15, 0.2) is 0 Å². The molecule has 33 heavy (non-hydrogen) atoms. The number of hydrogen-bond donors (Lipinski definition) is 2. The molecule has 12 heteroatoms. The number of urea groups is 1. The summed E-state index contributed by atoms with van der Waals surface area (Å²) in [6.07, 6.45) is -4.22. The van der Waals surface area contributed by atoms with Crippen molar-refractivity contribution in [3.63, 3.8) is 0 Å². The van der Waals surface area contributed by atoms with Crippen molar-refractivity contribution in [2.75, 3.05) is 43.4 Å². The summed E-state index contributed by atoms with van der Waals surface area (Å²) in [5.41, 5.74) is 1.56. The van der Waals surface area contributed by atoms with E-state index in [1.807, 2.05) is 64.0 Å². The molecular weight excluding hydrogens is 461 g/mol. The molecule has 1 aromatic heterocycles. The predicted octanol–water partition coefficient (Wildman–Crippen LogP) is 3.34. The smallest absolute Gasteiger partial charge is 0.475 e. The van der Waals surface area contributed by atoms with Gasteiger partial charge in [-0.15, -0.1) is 0 Å². The topological polar surface area (TPSA) is 93.2 Å². The summed E-state index contributed by atoms with van der Waals surface area (Å²) in [4.78, 5) is 39.9. The first-order chi connectivity index (χ1) is 15.5. The van der Waals surface area contributed by atoms with Crippen LogP contribution in [0.2, 0.25) is 0 Å². The summed E-state index contributed by atoms with van der Waals surface area (Å²) in [5.74, 6) is -2.64. The van der Waals surface area contributed by atoms with Crippen molar-refractivity contribution in [2.24, 2.45) is 0 Å². The molecule has 2 aliphatic rings. The molecule has 8 nitrogen and oxygen atoms in total. The van der Waals surface area contributed by atoms with Gasteiger partial charge in [-0.05, 0) is 37.0 Å². The lowest BCUT2D eigenvalue weighted by atomic mass is 9.93. The molecule has 2 aliphatic heterocycles. The van der Waals surface area contributed by atoms with Gasteiger partial charge in [0, 0.05) is 30.7 Å². The molecule has 1 unspecified atom stereocenters. The van der Waals surface area contributed by atoms with Crippen LogP contribution in [0.1, 0.15) is 6.42 Å². The minimum absolute atomic E-state index is 0.0829. The molecule has 1 spiro atoms. The lowest BCUT2D eigenvalue weighted by Gasteiger charge is -2.46. The normalized spacial score (nSPS) is 21.0. The lowest BCUT2D eigenvalue weighted by molar-refractivity contribution is -0.192. The number of benzene rings is 1. The zero-order valence-corrected chi connectivity index (χ0v) is 18.5. The second kappa shape index (κ2) is 9.79. The third-order valence-electron chi connectivity index (χ3n) is 5.64. The van der Waals surface area contributed by atoms with Gasteiger partial charge in [-0.3, -0.25) is 9.69 Å². The van der Waals surface area contributed by atoms with E-state index in [2.05, 4.69) is 10.2 Å². The van der Waals surface area contributed by atoms with Crippen molar-refractivity contribution in [2.45, 2.75) is 18.1 Å². The highest BCUT2D eigenvalue weighted by Gasteiger charge is 2.48. The number of hydrogen-bond acceptors (Lipinski definition) is 5. The third-order valence-corrected chi connectivity index (χ3v) is 6.31. The third kappa shape index (κ3) is 5.82. The van der Waals surface area contributed by atoms with E-state index < -0.39 is 12.1 Å². The quantitative estimate of drug-likeness (QED) is 0.682. The van der Waals surface area contributed by atoms with Crippen molar-refractivity contribution in [1.82, 2.24) is 9.80 Å². The molecule has 0 aliphatic carbocycles. The summed E-state index contributed by atoms with van der Waals surface area (Å²) in [5, 5.41) is 14.1. The number of amides is 3. The molecule has 2 saturated heterocycles. The Hall–Kier alpha value is -3.12. The average molecular weight is 485 g/mol. The standard InChI is InChI=1S/C19H22N4O2S.C2HF3O2/c1-21-11-17(24)23(16-7-10-26-12-16)14-19(21)8-9-22(13-19)18(25)20-15-5-3-2-4-6-15;3-2(4,5)1(6)7/h2-7,10,12H,8-9,11,13-14H2,1H3,(H,20,25);(H,6,7). The molecule has 178 valence electrons. The summed E-state index contributed by atoms with van der Waals surface area (Å²) in [7, 11) is 1.99. The van der Waals surface area contributed by atoms with E-state index in [1.54, 1.807) is 11.3 Å². The van der Waals surface area contributed by atoms with Crippen molar-refractivity contribution in [1.29, 1.82) is 0 Å². The number of thiophene rings is 1. The van der Waals surface area contributed by atoms with E-state index >= 15 is 0 Å². The molecule has 0 radical (unpaired) electrons. The Morgan fingerprint density at radius 3 is 2.39 bits per heavy atom. The molecular formula is C21H23F3N4O4S. The van der Waals surface area contributed by atoms with Crippen molar-refractivity contribution in [3.05, 3.63) is 47.2 Å². The second-order valence-electron chi connectivity index (χ2n) is 7.81. The Bertz CT molecular complexity index is 987. The number of aliphatic carboxylic acids is 1. The fourth-order valence-corrected chi connectivity index (χ4v) is 4.44. The number of rotatable bonds is 2. The predicted molar refractivity (Wildman–Crippen MR) is 117 cm³/mol. The van der Waals surface area contributed by atoms with Crippen LogP contribution in [-0.2, 0) is 9.59 Å². The number of anilines is 2. The van der Waals surface area contributed by atoms with Gasteiger partial charge in [0.1, 0.15) is 0 Å². The summed E-state index contributed by atoms with van der Waals surface area (Å²) in [6, 6.07) is 11.4. The first-order valence-electron chi connectivity index (χ1n) is 9.97. The maximum atomic E-state index is 12.6. The number of piperazine rings is 1. The first-order valence-corrected chi connectivity index (χ1v) is 10.9. The van der Waals surface area contributed by atoms with E-state index in [-0.39, 0.29) is 17.5 Å². The number of carbonyl (C=O) groups excluding carboxylic acids is 2. The highest BCUT2D eigenvalue weighted by atomic mass is 32.1. The van der Waals surface area contributed by atoms with Crippen LogP contribution >= 0.6 is 11.3 Å². The van der Waals surface area contributed by atoms with Crippen molar-refractivity contribution in [3.8, 4) is 0 Å². The second-order valence-corrected chi connectivity index (χ2v) is 8.59. The van der Waals surface area contributed by atoms with Gasteiger partial charge in [0.05, 0.1) is 17.8 Å². The van der Waals surface area contributed by atoms with Gasteiger partial charge in [-0.25, -0.2) is 9.59 Å². The number of alkyl halides is 3. The number of carboxylic acids is 1. The molecule has 1 atom stereocenters. The van der Waals surface area contributed by atoms with Crippen LogP contribution in [0.5, 0.6) is 0 Å². The van der Waals surface area contributed by atoms with Crippen LogP contribution in [0.25, 0.3) is 0 Å². The Kier molecular flexibility index (Phi) is 7.28. The van der Waals surface area contributed by atoms with Gasteiger partial charge in [-0.1, -0.05) is 18.2 Å². The van der Waals surface area contributed by atoms with Gasteiger partial charge >= 0.3 is 18.2 Å². The largest absolute Gasteiger partial charge is 0.490 e. The summed E-state index contributed by atoms with van der Waals surface area (Å²) >= 11 is 1.59. The fourth-order valence-electron chi connectivity index (χ4n) is 3.80. The first kappa shape index (κ1) is 24.5. The van der Waals surface area contributed by atoms with E-state index in [4.69, 9.17) is 9.90 Å². The highest BCUT2D eigenvalue weighted by Crippen LogP contribution is 2.34. The van der Waals surface area contributed by atoms with Gasteiger partial charge in [0.2, 0.25) is 5.91 Å². The number of nitrogens with one attached hydrogen (secondary N) is 1. The molecule has 4 rings (SSSR count). The molecule has 2 fully saturated rings. The maximum Gasteiger partial charge on any atom is 0.490 e. The van der Waals surface area contributed by atoms with E-state index in [9.17, 15) is 22.8 Å². The highest BCUT2D eigenvalue weighted by molar-refractivity contribution is 7.08. The number of carbonyl (C=O) groups is 3. The molecule has 3 heterocycles. The number of likely N-dealkylation sites (tertiary alicyclic amines) is 1. The number of para-hydroxylation sites is 1. The van der Waals surface area contributed by atoms with Gasteiger partial charge < -0.3 is 20.2 Å². The van der Waals surface area contributed by atoms with Crippen molar-refractivity contribution < 1.29 is 32.7 Å². The van der Waals surface area contributed by atoms with E-state index in [1.165, 1.54) is 0 Å². The number of nitrogens with zero attached hydrogens (tertiary/aromatic N) is 3. The van der Waals surface area contributed by atoms with Crippen molar-refractivity contribution >= 4 is 40.6 Å². The SMILES string of the molecule is CN1CC(=O)N(c2ccsc2)CC12CCN(C(=O)Nc1ccccc1)C2.O=C(O)C(F)(F)F. The Balaban J connectivity index is 0.000000383. The van der Waals surface area contributed by atoms with Crippen LogP contribution in [0, 0.1) is 0 Å². The Labute approximate surface area is 192 Å². The minimum atomic E-state index is -5.08. The van der Waals surface area contributed by atoms with Crippen LogP contribution in [0.4, 0.5) is 29.3 Å². The Morgan fingerprint density at radius 2 is 1.82 bits per heavy atom. The van der Waals surface area contributed by atoms with Crippen LogP contribution in [0.3, 0.4) is 0 Å². The van der Waals surface area contributed by atoms with Gasteiger partial charge in [0.25, 0.3) is 0 Å². The molecule has 0 saturated carbocycles. The van der Waals surface area contributed by atoms with Gasteiger partial charge in [-0.2, -0.15) is 24.5 Å². The maximum absolute atomic E-state index is 12.6. The minimum Gasteiger partial charge on any atom is -0.475 e. The molecule has 3 amide bonds. The lowest BCUT2D eigenvalue weighted by Crippen LogP contribution is -2.64. The molecule has 2 aromatic rings. The molecule has 2 N–H and O–H groups in total. The average Bonchev–Trinajstić information content (AvgIpc) is 3.43. The fraction of sp³-hybridized carbons (Fsp3) is 0.381. The van der Waals surface area contributed by atoms with E-state index in [0.717, 1.165) is 17.8 Å². The summed E-state index contributed by atoms with van der Waals surface area (Å²) < 4.78 is 31.7. The Morgan fingerprint density at radius 1 is 1.15 bits per heavy atom. The molecule has 0 bridgehead atoms. The zero-order valence-electron chi connectivity index (χ0n) is 17.7. The van der Waals surface area contributed by atoms with E-state index in [0.29, 0.717) is 26.2 Å². The number of carboxylic acid groups (broad SMARTS) is 1. The monoisotopic (exact) mass is 484 g/mol. The van der Waals surface area contributed by atoms with Crippen LogP contribution in [-0.4, -0.2) is 77.8 Å². The zero-order chi connectivity index (χ0) is 24.2. The number of halogens is 3.